The number of fused-ring (bicyclic) bond motifs is 1. The van der Waals surface area contributed by atoms with Crippen molar-refractivity contribution in [2.45, 2.75) is 25.8 Å². The fourth-order valence-electron chi connectivity index (χ4n) is 2.60. The molecule has 0 aliphatic carbocycles. The monoisotopic (exact) mass is 279 g/mol. The lowest BCUT2D eigenvalue weighted by Crippen LogP contribution is -2.41. The molecule has 19 heavy (non-hydrogen) atoms. The molecule has 1 aliphatic rings. The zero-order valence-corrected chi connectivity index (χ0v) is 11.8. The van der Waals surface area contributed by atoms with Crippen molar-refractivity contribution in [3.8, 4) is 0 Å². The third-order valence-corrected chi connectivity index (χ3v) is 4.58. The van der Waals surface area contributed by atoms with Crippen LogP contribution in [-0.4, -0.2) is 35.6 Å². The minimum absolute atomic E-state index is 0.197. The third kappa shape index (κ3) is 2.87. The van der Waals surface area contributed by atoms with Gasteiger partial charge in [0.05, 0.1) is 10.2 Å². The number of likely N-dealkylation sites (N-methyl/N-ethyl adjacent to an activating group) is 1. The van der Waals surface area contributed by atoms with Crippen LogP contribution in [0.4, 0.5) is 9.52 Å². The molecule has 5 heteroatoms. The lowest BCUT2D eigenvalue weighted by Gasteiger charge is -2.32. The van der Waals surface area contributed by atoms with Crippen LogP contribution in [0.25, 0.3) is 10.2 Å². The summed E-state index contributed by atoms with van der Waals surface area (Å²) in [6.07, 6.45) is 2.41. The van der Waals surface area contributed by atoms with Crippen LogP contribution in [0.2, 0.25) is 0 Å². The van der Waals surface area contributed by atoms with Gasteiger partial charge in [0.2, 0.25) is 0 Å². The molecule has 0 bridgehead atoms. The van der Waals surface area contributed by atoms with Crippen LogP contribution in [-0.2, 0) is 0 Å². The summed E-state index contributed by atoms with van der Waals surface area (Å²) in [6.45, 7) is 5.56. The van der Waals surface area contributed by atoms with E-state index in [1.165, 1.54) is 36.8 Å². The molecule has 1 aromatic heterocycles. The van der Waals surface area contributed by atoms with Crippen molar-refractivity contribution in [1.29, 1.82) is 0 Å². The van der Waals surface area contributed by atoms with Gasteiger partial charge in [-0.15, -0.1) is 0 Å². The second kappa shape index (κ2) is 5.43. The molecule has 0 radical (unpaired) electrons. The number of benzene rings is 1. The minimum atomic E-state index is -0.197. The fraction of sp³-hybridized carbons (Fsp3) is 0.500. The zero-order valence-electron chi connectivity index (χ0n) is 11.0. The Morgan fingerprint density at radius 2 is 2.42 bits per heavy atom. The van der Waals surface area contributed by atoms with E-state index in [4.69, 9.17) is 0 Å². The maximum atomic E-state index is 13.2. The van der Waals surface area contributed by atoms with Crippen LogP contribution in [0, 0.1) is 5.82 Å². The van der Waals surface area contributed by atoms with Gasteiger partial charge in [-0.2, -0.15) is 0 Å². The predicted octanol–water partition coefficient (Wildman–Crippen LogP) is 3.33. The summed E-state index contributed by atoms with van der Waals surface area (Å²) in [5, 5.41) is 4.40. The number of nitrogens with zero attached hydrogens (tertiary/aromatic N) is 2. The second-order valence-corrected chi connectivity index (χ2v) is 6.04. The number of thiazole rings is 1. The molecule has 1 unspecified atom stereocenters. The van der Waals surface area contributed by atoms with Crippen LogP contribution in [0.1, 0.15) is 19.8 Å². The van der Waals surface area contributed by atoms with E-state index in [9.17, 15) is 4.39 Å². The first-order valence-electron chi connectivity index (χ1n) is 6.79. The van der Waals surface area contributed by atoms with Gasteiger partial charge >= 0.3 is 0 Å². The zero-order chi connectivity index (χ0) is 13.2. The van der Waals surface area contributed by atoms with Crippen LogP contribution >= 0.6 is 11.3 Å². The number of likely N-dealkylation sites (tertiary alicyclic amines) is 1. The minimum Gasteiger partial charge on any atom is -0.357 e. The van der Waals surface area contributed by atoms with Crippen molar-refractivity contribution >= 4 is 26.7 Å². The van der Waals surface area contributed by atoms with Crippen LogP contribution in [0.3, 0.4) is 0 Å². The van der Waals surface area contributed by atoms with E-state index >= 15 is 0 Å². The molecule has 1 atom stereocenters. The van der Waals surface area contributed by atoms with Crippen LogP contribution < -0.4 is 5.32 Å². The van der Waals surface area contributed by atoms with Crippen molar-refractivity contribution in [3.05, 3.63) is 24.0 Å². The molecule has 1 fully saturated rings. The summed E-state index contributed by atoms with van der Waals surface area (Å²) in [5.74, 6) is -0.197. The third-order valence-electron chi connectivity index (χ3n) is 3.63. The highest BCUT2D eigenvalue weighted by Gasteiger charge is 2.19. The summed E-state index contributed by atoms with van der Waals surface area (Å²) in [7, 11) is 0. The van der Waals surface area contributed by atoms with E-state index in [1.54, 1.807) is 12.1 Å². The molecule has 0 saturated carbocycles. The Kier molecular flexibility index (Phi) is 3.66. The molecule has 1 aliphatic heterocycles. The fourth-order valence-corrected chi connectivity index (χ4v) is 3.56. The summed E-state index contributed by atoms with van der Waals surface area (Å²) < 4.78 is 14.1. The smallest absolute Gasteiger partial charge is 0.184 e. The maximum absolute atomic E-state index is 13.2. The molecule has 1 N–H and O–H groups in total. The number of nitrogens with one attached hydrogen (secondary N) is 1. The van der Waals surface area contributed by atoms with E-state index in [-0.39, 0.29) is 5.82 Å². The first-order chi connectivity index (χ1) is 9.24. The van der Waals surface area contributed by atoms with E-state index < -0.39 is 0 Å². The number of aromatic nitrogens is 1. The Morgan fingerprint density at radius 3 is 3.26 bits per heavy atom. The molecule has 2 heterocycles. The van der Waals surface area contributed by atoms with Gasteiger partial charge in [0, 0.05) is 12.6 Å². The highest BCUT2D eigenvalue weighted by Crippen LogP contribution is 2.27. The van der Waals surface area contributed by atoms with E-state index in [1.807, 2.05) is 0 Å². The Bertz CT molecular complexity index is 569. The highest BCUT2D eigenvalue weighted by molar-refractivity contribution is 7.22. The Hall–Kier alpha value is -1.20. The van der Waals surface area contributed by atoms with Crippen molar-refractivity contribution in [3.63, 3.8) is 0 Å². The molecule has 1 saturated heterocycles. The summed E-state index contributed by atoms with van der Waals surface area (Å²) >= 11 is 1.53. The van der Waals surface area contributed by atoms with Gasteiger partial charge in [0.1, 0.15) is 5.82 Å². The lowest BCUT2D eigenvalue weighted by molar-refractivity contribution is 0.227. The molecule has 102 valence electrons. The van der Waals surface area contributed by atoms with Gasteiger partial charge in [0.15, 0.2) is 5.13 Å². The molecular formula is C14H18FN3S. The molecule has 3 rings (SSSR count). The molecule has 0 spiro atoms. The largest absolute Gasteiger partial charge is 0.357 e. The summed E-state index contributed by atoms with van der Waals surface area (Å²) in [6, 6.07) is 5.22. The average Bonchev–Trinajstić information content (AvgIpc) is 2.80. The number of anilines is 1. The number of hydrogen-bond donors (Lipinski definition) is 1. The standard InChI is InChI=1S/C14H18FN3S/c1-2-18-7-3-4-11(9-18)16-14-17-12-6-5-10(15)8-13(12)19-14/h5-6,8,11H,2-4,7,9H2,1H3,(H,16,17). The first-order valence-corrected chi connectivity index (χ1v) is 7.61. The topological polar surface area (TPSA) is 28.2 Å². The molecule has 3 nitrogen and oxygen atoms in total. The number of hydrogen-bond acceptors (Lipinski definition) is 4. The van der Waals surface area contributed by atoms with Gasteiger partial charge in [0.25, 0.3) is 0 Å². The summed E-state index contributed by atoms with van der Waals surface area (Å²) in [5.41, 5.74) is 0.872. The molecular weight excluding hydrogens is 261 g/mol. The average molecular weight is 279 g/mol. The summed E-state index contributed by atoms with van der Waals surface area (Å²) in [4.78, 5) is 6.97. The maximum Gasteiger partial charge on any atom is 0.184 e. The second-order valence-electron chi connectivity index (χ2n) is 5.01. The number of piperidine rings is 1. The molecule has 2 aromatic rings. The quantitative estimate of drug-likeness (QED) is 0.934. The van der Waals surface area contributed by atoms with Gasteiger partial charge in [-0.05, 0) is 44.1 Å². The van der Waals surface area contributed by atoms with E-state index in [0.717, 1.165) is 28.4 Å². The number of rotatable bonds is 3. The normalized spacial score (nSPS) is 20.8. The van der Waals surface area contributed by atoms with Crippen molar-refractivity contribution in [2.75, 3.05) is 25.0 Å². The Morgan fingerprint density at radius 1 is 1.53 bits per heavy atom. The van der Waals surface area contributed by atoms with Crippen molar-refractivity contribution in [1.82, 2.24) is 9.88 Å². The van der Waals surface area contributed by atoms with Crippen LogP contribution in [0.15, 0.2) is 18.2 Å². The van der Waals surface area contributed by atoms with Crippen LogP contribution in [0.5, 0.6) is 0 Å². The van der Waals surface area contributed by atoms with Gasteiger partial charge in [-0.1, -0.05) is 18.3 Å². The molecule has 0 amide bonds. The van der Waals surface area contributed by atoms with Gasteiger partial charge < -0.3 is 10.2 Å². The van der Waals surface area contributed by atoms with Gasteiger partial charge in [-0.3, -0.25) is 0 Å². The Balaban J connectivity index is 1.74. The van der Waals surface area contributed by atoms with E-state index in [0.29, 0.717) is 6.04 Å². The predicted molar refractivity (Wildman–Crippen MR) is 78.3 cm³/mol. The van der Waals surface area contributed by atoms with Crippen molar-refractivity contribution < 1.29 is 4.39 Å². The Labute approximate surface area is 116 Å². The van der Waals surface area contributed by atoms with E-state index in [2.05, 4.69) is 22.1 Å². The van der Waals surface area contributed by atoms with Crippen molar-refractivity contribution in [2.24, 2.45) is 0 Å². The molecule has 1 aromatic carbocycles. The lowest BCUT2D eigenvalue weighted by atomic mass is 10.1. The van der Waals surface area contributed by atoms with Gasteiger partial charge in [-0.25, -0.2) is 9.37 Å². The highest BCUT2D eigenvalue weighted by atomic mass is 32.1. The number of halogens is 1. The first kappa shape index (κ1) is 12.8. The SMILES string of the molecule is CCN1CCCC(Nc2nc3ccc(F)cc3s2)C1.